The summed E-state index contributed by atoms with van der Waals surface area (Å²) in [5, 5.41) is 13.4. The molecular weight excluding hydrogens is 334 g/mol. The van der Waals surface area contributed by atoms with Gasteiger partial charge in [-0.15, -0.1) is 10.2 Å². The van der Waals surface area contributed by atoms with E-state index in [-0.39, 0.29) is 5.91 Å². The van der Waals surface area contributed by atoms with Crippen LogP contribution in [0.2, 0.25) is 0 Å². The van der Waals surface area contributed by atoms with Crippen molar-refractivity contribution < 1.29 is 4.79 Å². The minimum absolute atomic E-state index is 0.0123. The monoisotopic (exact) mass is 355 g/mol. The van der Waals surface area contributed by atoms with Crippen molar-refractivity contribution in [3.8, 4) is 0 Å². The van der Waals surface area contributed by atoms with Crippen LogP contribution in [0, 0.1) is 6.92 Å². The van der Waals surface area contributed by atoms with E-state index in [9.17, 15) is 4.79 Å². The summed E-state index contributed by atoms with van der Waals surface area (Å²) in [7, 11) is 0. The van der Waals surface area contributed by atoms with Gasteiger partial charge in [0, 0.05) is 17.1 Å². The minimum atomic E-state index is -0.0123. The lowest BCUT2D eigenvalue weighted by atomic mass is 9.89. The molecule has 1 aliphatic heterocycles. The molecule has 2 N–H and O–H groups in total. The first-order valence-corrected chi connectivity index (χ1v) is 9.39. The molecule has 0 aliphatic carbocycles. The van der Waals surface area contributed by atoms with E-state index in [0.29, 0.717) is 17.6 Å². The Morgan fingerprint density at radius 2 is 2.12 bits per heavy atom. The third kappa shape index (κ3) is 3.57. The van der Waals surface area contributed by atoms with E-state index in [0.717, 1.165) is 30.9 Å². The van der Waals surface area contributed by atoms with Crippen LogP contribution in [-0.2, 0) is 4.79 Å². The molecule has 3 heterocycles. The van der Waals surface area contributed by atoms with Crippen molar-refractivity contribution in [3.63, 3.8) is 0 Å². The van der Waals surface area contributed by atoms with E-state index < -0.39 is 0 Å². The van der Waals surface area contributed by atoms with Gasteiger partial charge < -0.3 is 4.98 Å². The van der Waals surface area contributed by atoms with Gasteiger partial charge in [-0.05, 0) is 50.4 Å². The molecule has 7 heteroatoms. The summed E-state index contributed by atoms with van der Waals surface area (Å²) in [4.78, 5) is 17.7. The number of aromatic amines is 1. The number of nitrogens with zero attached hydrogens (tertiary/aromatic N) is 3. The molecule has 1 aliphatic rings. The summed E-state index contributed by atoms with van der Waals surface area (Å²) in [6.07, 6.45) is 4.30. The molecule has 0 spiro atoms. The topological polar surface area (TPSA) is 73.9 Å². The smallest absolute Gasteiger partial charge is 0.240 e. The fourth-order valence-electron chi connectivity index (χ4n) is 3.54. The van der Waals surface area contributed by atoms with Gasteiger partial charge in [0.2, 0.25) is 11.0 Å². The number of rotatable bonds is 4. The van der Waals surface area contributed by atoms with Crippen molar-refractivity contribution in [3.05, 3.63) is 41.0 Å². The molecule has 0 bridgehead atoms. The fourth-order valence-corrected chi connectivity index (χ4v) is 4.15. The largest absolute Gasteiger partial charge is 0.361 e. The van der Waals surface area contributed by atoms with Crippen molar-refractivity contribution in [1.29, 1.82) is 0 Å². The van der Waals surface area contributed by atoms with Gasteiger partial charge in [-0.3, -0.25) is 15.0 Å². The molecule has 25 heavy (non-hydrogen) atoms. The maximum Gasteiger partial charge on any atom is 0.240 e. The Hall–Kier alpha value is -2.25. The lowest BCUT2D eigenvalue weighted by Gasteiger charge is -2.31. The Morgan fingerprint density at radius 1 is 1.32 bits per heavy atom. The van der Waals surface area contributed by atoms with Crippen molar-refractivity contribution in [2.75, 3.05) is 25.0 Å². The highest BCUT2D eigenvalue weighted by molar-refractivity contribution is 7.15. The molecule has 6 nitrogen and oxygen atoms in total. The lowest BCUT2D eigenvalue weighted by molar-refractivity contribution is -0.117. The second-order valence-corrected chi connectivity index (χ2v) is 7.70. The molecule has 2 aromatic heterocycles. The van der Waals surface area contributed by atoms with Gasteiger partial charge >= 0.3 is 0 Å². The van der Waals surface area contributed by atoms with Crippen LogP contribution in [0.4, 0.5) is 5.13 Å². The highest BCUT2D eigenvalue weighted by Crippen LogP contribution is 2.33. The van der Waals surface area contributed by atoms with Gasteiger partial charge in [0.1, 0.15) is 5.01 Å². The summed E-state index contributed by atoms with van der Waals surface area (Å²) in [5.74, 6) is 0.544. The number of benzene rings is 1. The van der Waals surface area contributed by atoms with Gasteiger partial charge in [0.25, 0.3) is 0 Å². The van der Waals surface area contributed by atoms with E-state index in [1.807, 2.05) is 6.92 Å². The number of para-hydroxylation sites is 1. The van der Waals surface area contributed by atoms with E-state index in [1.165, 1.54) is 27.8 Å². The fraction of sp³-hybridized carbons (Fsp3) is 0.389. The van der Waals surface area contributed by atoms with E-state index in [2.05, 4.69) is 55.9 Å². The molecule has 0 atom stereocenters. The predicted molar refractivity (Wildman–Crippen MR) is 100.0 cm³/mol. The zero-order chi connectivity index (χ0) is 17.2. The standard InChI is InChI=1S/C18H21N5OS/c1-12-21-22-18(25-12)20-17(24)11-23-8-6-13(7-9-23)15-10-19-16-5-3-2-4-14(15)16/h2-5,10,13,19H,6-9,11H2,1H3,(H,20,22,24). The van der Waals surface area contributed by atoms with E-state index in [1.54, 1.807) is 0 Å². The molecule has 0 radical (unpaired) electrons. The highest BCUT2D eigenvalue weighted by Gasteiger charge is 2.24. The van der Waals surface area contributed by atoms with Crippen LogP contribution in [0.5, 0.6) is 0 Å². The number of amides is 1. The number of H-pyrrole nitrogens is 1. The number of aryl methyl sites for hydroxylation is 1. The van der Waals surface area contributed by atoms with Crippen LogP contribution in [0.3, 0.4) is 0 Å². The molecule has 0 unspecified atom stereocenters. The summed E-state index contributed by atoms with van der Waals surface area (Å²) in [5.41, 5.74) is 2.61. The van der Waals surface area contributed by atoms with Gasteiger partial charge in [0.05, 0.1) is 6.54 Å². The SMILES string of the molecule is Cc1nnc(NC(=O)CN2CCC(c3c[nH]c4ccccc34)CC2)s1. The summed E-state index contributed by atoms with van der Waals surface area (Å²) < 4.78 is 0. The van der Waals surface area contributed by atoms with Crippen LogP contribution < -0.4 is 5.32 Å². The van der Waals surface area contributed by atoms with Gasteiger partial charge in [-0.2, -0.15) is 0 Å². The summed E-state index contributed by atoms with van der Waals surface area (Å²) >= 11 is 1.40. The van der Waals surface area contributed by atoms with Gasteiger partial charge in [-0.25, -0.2) is 0 Å². The normalized spacial score (nSPS) is 16.4. The molecule has 4 rings (SSSR count). The van der Waals surface area contributed by atoms with E-state index in [4.69, 9.17) is 0 Å². The van der Waals surface area contributed by atoms with Crippen molar-refractivity contribution in [2.24, 2.45) is 0 Å². The van der Waals surface area contributed by atoms with Crippen LogP contribution in [0.1, 0.15) is 29.3 Å². The Labute approximate surface area is 150 Å². The second kappa shape index (κ2) is 6.93. The number of fused-ring (bicyclic) bond motifs is 1. The first kappa shape index (κ1) is 16.2. The molecule has 130 valence electrons. The van der Waals surface area contributed by atoms with Crippen molar-refractivity contribution >= 4 is 33.3 Å². The third-order valence-corrected chi connectivity index (χ3v) is 5.54. The number of carbonyl (C=O) groups is 1. The van der Waals surface area contributed by atoms with Crippen molar-refractivity contribution in [2.45, 2.75) is 25.7 Å². The summed E-state index contributed by atoms with van der Waals surface area (Å²) in [6.45, 7) is 4.17. The molecule has 1 amide bonds. The number of hydrogen-bond acceptors (Lipinski definition) is 5. The third-order valence-electron chi connectivity index (χ3n) is 4.79. The maximum absolute atomic E-state index is 12.2. The number of carbonyl (C=O) groups excluding carboxylic acids is 1. The lowest BCUT2D eigenvalue weighted by Crippen LogP contribution is -2.38. The predicted octanol–water partition coefficient (Wildman–Crippen LogP) is 3.15. The number of hydrogen-bond donors (Lipinski definition) is 2. The van der Waals surface area contributed by atoms with Crippen LogP contribution in [-0.4, -0.2) is 45.6 Å². The maximum atomic E-state index is 12.2. The van der Waals surface area contributed by atoms with Crippen LogP contribution in [0.15, 0.2) is 30.5 Å². The number of aromatic nitrogens is 3. The molecule has 1 fully saturated rings. The molecule has 1 saturated heterocycles. The van der Waals surface area contributed by atoms with Gasteiger partial charge in [0.15, 0.2) is 0 Å². The Kier molecular flexibility index (Phi) is 4.50. The zero-order valence-electron chi connectivity index (χ0n) is 14.2. The minimum Gasteiger partial charge on any atom is -0.361 e. The quantitative estimate of drug-likeness (QED) is 0.754. The Balaban J connectivity index is 1.33. The van der Waals surface area contributed by atoms with Gasteiger partial charge in [-0.1, -0.05) is 29.5 Å². The van der Waals surface area contributed by atoms with E-state index >= 15 is 0 Å². The van der Waals surface area contributed by atoms with Crippen molar-refractivity contribution in [1.82, 2.24) is 20.1 Å². The number of anilines is 1. The molecule has 1 aromatic carbocycles. The first-order chi connectivity index (χ1) is 12.2. The molecular formula is C18H21N5OS. The van der Waals surface area contributed by atoms with Crippen LogP contribution >= 0.6 is 11.3 Å². The Bertz CT molecular complexity index is 878. The molecule has 3 aromatic rings. The number of piperidine rings is 1. The zero-order valence-corrected chi connectivity index (χ0v) is 15.0. The van der Waals surface area contributed by atoms with Crippen LogP contribution in [0.25, 0.3) is 10.9 Å². The molecule has 0 saturated carbocycles. The first-order valence-electron chi connectivity index (χ1n) is 8.57. The number of likely N-dealkylation sites (tertiary alicyclic amines) is 1. The number of nitrogens with one attached hydrogen (secondary N) is 2. The highest BCUT2D eigenvalue weighted by atomic mass is 32.1. The average molecular weight is 355 g/mol. The Morgan fingerprint density at radius 3 is 2.88 bits per heavy atom. The second-order valence-electron chi connectivity index (χ2n) is 6.51. The average Bonchev–Trinajstić information content (AvgIpc) is 3.22. The summed E-state index contributed by atoms with van der Waals surface area (Å²) in [6, 6.07) is 8.45.